The number of anilines is 2. The van der Waals surface area contributed by atoms with Crippen molar-refractivity contribution in [1.29, 1.82) is 0 Å². The van der Waals surface area contributed by atoms with E-state index in [2.05, 4.69) is 30.8 Å². The van der Waals surface area contributed by atoms with Gasteiger partial charge in [0.25, 0.3) is 0 Å². The molecule has 0 spiro atoms. The number of nitrogens with one attached hydrogen (secondary N) is 2. The summed E-state index contributed by atoms with van der Waals surface area (Å²) in [5.74, 6) is 2.33. The molecule has 1 aliphatic carbocycles. The molecule has 6 rings (SSSR count). The van der Waals surface area contributed by atoms with Crippen molar-refractivity contribution in [3.05, 3.63) is 72.6 Å². The second kappa shape index (κ2) is 12.1. The highest BCUT2D eigenvalue weighted by Crippen LogP contribution is 2.33. The van der Waals surface area contributed by atoms with Gasteiger partial charge in [0.15, 0.2) is 11.5 Å². The van der Waals surface area contributed by atoms with Crippen LogP contribution in [0.3, 0.4) is 0 Å². The van der Waals surface area contributed by atoms with Gasteiger partial charge in [0, 0.05) is 24.1 Å². The van der Waals surface area contributed by atoms with Crippen molar-refractivity contribution < 1.29 is 18.7 Å². The third kappa shape index (κ3) is 6.74. The average molecular weight is 601 g/mol. The minimum absolute atomic E-state index is 0.221. The fourth-order valence-electron chi connectivity index (χ4n) is 5.72. The molecule has 1 amide bonds. The molecule has 3 atom stereocenters. The molecule has 44 heavy (non-hydrogen) atoms. The van der Waals surface area contributed by atoms with Crippen LogP contribution in [0, 0.1) is 12.8 Å². The van der Waals surface area contributed by atoms with Crippen LogP contribution in [0.4, 0.5) is 20.7 Å². The zero-order valence-corrected chi connectivity index (χ0v) is 25.3. The predicted molar refractivity (Wildman–Crippen MR) is 164 cm³/mol. The molecule has 0 aliphatic heterocycles. The molecule has 2 N–H and O–H groups in total. The lowest BCUT2D eigenvalue weighted by atomic mass is 9.81. The van der Waals surface area contributed by atoms with Crippen LogP contribution in [-0.4, -0.2) is 53.1 Å². The van der Waals surface area contributed by atoms with Crippen LogP contribution in [0.25, 0.3) is 11.2 Å². The quantitative estimate of drug-likeness (QED) is 0.205. The highest BCUT2D eigenvalue weighted by atomic mass is 19.1. The van der Waals surface area contributed by atoms with Gasteiger partial charge in [-0.1, -0.05) is 0 Å². The Morgan fingerprint density at radius 3 is 2.64 bits per heavy atom. The molecule has 0 radical (unpaired) electrons. The fourth-order valence-corrected chi connectivity index (χ4v) is 5.72. The SMILES string of the molecule is Cc1cc(Nc2ncnn3ccc(CCC4CCC(NC(=O)OC(C)(C)C)C(F)C4)c23)ccc1Oc1ccn2ncnc2c1. The maximum atomic E-state index is 15.0. The molecule has 11 nitrogen and oxygen atoms in total. The van der Waals surface area contributed by atoms with E-state index in [1.807, 2.05) is 60.2 Å². The van der Waals surface area contributed by atoms with Gasteiger partial charge in [0.2, 0.25) is 0 Å². The first-order valence-corrected chi connectivity index (χ1v) is 14.9. The van der Waals surface area contributed by atoms with E-state index in [0.29, 0.717) is 30.1 Å². The van der Waals surface area contributed by atoms with E-state index >= 15 is 4.39 Å². The number of amides is 1. The number of aromatic nitrogens is 6. The number of aryl methyl sites for hydroxylation is 2. The summed E-state index contributed by atoms with van der Waals surface area (Å²) in [5.41, 5.74) is 3.90. The molecule has 12 heteroatoms. The predicted octanol–water partition coefficient (Wildman–Crippen LogP) is 6.58. The van der Waals surface area contributed by atoms with Gasteiger partial charge >= 0.3 is 6.09 Å². The molecule has 230 valence electrons. The molecular weight excluding hydrogens is 563 g/mol. The zero-order chi connectivity index (χ0) is 30.8. The topological polar surface area (TPSA) is 120 Å². The molecule has 4 heterocycles. The van der Waals surface area contributed by atoms with Crippen LogP contribution in [0.15, 0.2) is 61.4 Å². The molecule has 0 saturated heterocycles. The number of pyridine rings is 1. The van der Waals surface area contributed by atoms with Crippen LogP contribution >= 0.6 is 0 Å². The number of benzene rings is 1. The average Bonchev–Trinajstić information content (AvgIpc) is 3.61. The Morgan fingerprint density at radius 2 is 1.84 bits per heavy atom. The minimum Gasteiger partial charge on any atom is -0.457 e. The molecule has 3 unspecified atom stereocenters. The number of hydrogen-bond acceptors (Lipinski definition) is 8. The van der Waals surface area contributed by atoms with Gasteiger partial charge in [-0.05, 0) is 107 Å². The fraction of sp³-hybridized carbons (Fsp3) is 0.406. The number of rotatable bonds is 8. The Balaban J connectivity index is 1.09. The van der Waals surface area contributed by atoms with Gasteiger partial charge in [0.05, 0.1) is 6.04 Å². The van der Waals surface area contributed by atoms with Crippen LogP contribution in [0.5, 0.6) is 11.5 Å². The summed E-state index contributed by atoms with van der Waals surface area (Å²) in [7, 11) is 0. The molecule has 1 aromatic carbocycles. The smallest absolute Gasteiger partial charge is 0.407 e. The molecule has 5 aromatic rings. The van der Waals surface area contributed by atoms with Gasteiger partial charge in [-0.25, -0.2) is 28.2 Å². The normalized spacial score (nSPS) is 18.8. The van der Waals surface area contributed by atoms with E-state index in [9.17, 15) is 4.79 Å². The maximum absolute atomic E-state index is 15.0. The largest absolute Gasteiger partial charge is 0.457 e. The van der Waals surface area contributed by atoms with E-state index in [1.54, 1.807) is 25.3 Å². The van der Waals surface area contributed by atoms with Gasteiger partial charge in [-0.3, -0.25) is 0 Å². The highest BCUT2D eigenvalue weighted by Gasteiger charge is 2.32. The number of halogens is 1. The summed E-state index contributed by atoms with van der Waals surface area (Å²) in [6, 6.07) is 11.1. The number of carbonyl (C=O) groups is 1. The summed E-state index contributed by atoms with van der Waals surface area (Å²) >= 11 is 0. The van der Waals surface area contributed by atoms with Crippen molar-refractivity contribution in [3.63, 3.8) is 0 Å². The first kappa shape index (κ1) is 29.3. The number of alkyl halides is 1. The monoisotopic (exact) mass is 600 g/mol. The van der Waals surface area contributed by atoms with Crippen molar-refractivity contribution in [2.24, 2.45) is 5.92 Å². The number of alkyl carbamates (subject to hydrolysis) is 1. The molecule has 1 fully saturated rings. The summed E-state index contributed by atoms with van der Waals surface area (Å²) in [4.78, 5) is 20.9. The van der Waals surface area contributed by atoms with E-state index in [4.69, 9.17) is 9.47 Å². The summed E-state index contributed by atoms with van der Waals surface area (Å²) in [6.45, 7) is 7.38. The third-order valence-corrected chi connectivity index (χ3v) is 7.86. The first-order chi connectivity index (χ1) is 21.1. The lowest BCUT2D eigenvalue weighted by molar-refractivity contribution is 0.0428. The zero-order valence-electron chi connectivity index (χ0n) is 25.3. The Kier molecular flexibility index (Phi) is 8.07. The van der Waals surface area contributed by atoms with E-state index in [1.165, 1.54) is 12.7 Å². The summed E-state index contributed by atoms with van der Waals surface area (Å²) in [6.07, 6.45) is 8.53. The standard InChI is InChI=1S/C32H37FN8O3/c1-20-15-23(8-10-27(20)43-24-12-14-40-28(17-24)34-18-36-40)38-30-29-22(11-13-41(29)37-19-35-30)7-5-21-6-9-26(25(33)16-21)39-31(42)44-32(2,3)4/h8,10-15,17-19,21,25-26H,5-7,9,16H2,1-4H3,(H,39,42)(H,35,37,38). The van der Waals surface area contributed by atoms with E-state index in [0.717, 1.165) is 47.3 Å². The van der Waals surface area contributed by atoms with Gasteiger partial charge in [0.1, 0.15) is 41.4 Å². The second-order valence-corrected chi connectivity index (χ2v) is 12.4. The number of nitrogens with zero attached hydrogens (tertiary/aromatic N) is 6. The van der Waals surface area contributed by atoms with E-state index < -0.39 is 23.9 Å². The lowest BCUT2D eigenvalue weighted by Crippen LogP contribution is -2.46. The molecule has 4 aromatic heterocycles. The lowest BCUT2D eigenvalue weighted by Gasteiger charge is -2.32. The van der Waals surface area contributed by atoms with Crippen LogP contribution < -0.4 is 15.4 Å². The maximum Gasteiger partial charge on any atom is 0.407 e. The van der Waals surface area contributed by atoms with Gasteiger partial charge in [-0.2, -0.15) is 10.2 Å². The third-order valence-electron chi connectivity index (χ3n) is 7.86. The second-order valence-electron chi connectivity index (χ2n) is 12.4. The number of carbonyl (C=O) groups excluding carboxylic acids is 1. The van der Waals surface area contributed by atoms with Crippen LogP contribution in [0.2, 0.25) is 0 Å². The Bertz CT molecular complexity index is 1780. The van der Waals surface area contributed by atoms with E-state index in [-0.39, 0.29) is 5.92 Å². The Hall–Kier alpha value is -4.74. The summed E-state index contributed by atoms with van der Waals surface area (Å²) < 4.78 is 29.9. The molecule has 1 aliphatic rings. The van der Waals surface area contributed by atoms with Crippen LogP contribution in [-0.2, 0) is 11.2 Å². The highest BCUT2D eigenvalue weighted by molar-refractivity contribution is 5.77. The van der Waals surface area contributed by atoms with Gasteiger partial charge in [-0.15, -0.1) is 0 Å². The Labute approximate surface area is 254 Å². The minimum atomic E-state index is -1.10. The number of ether oxygens (including phenoxy) is 2. The first-order valence-electron chi connectivity index (χ1n) is 14.9. The van der Waals surface area contributed by atoms with Gasteiger partial charge < -0.3 is 20.1 Å². The summed E-state index contributed by atoms with van der Waals surface area (Å²) in [5, 5.41) is 14.7. The van der Waals surface area contributed by atoms with Crippen molar-refractivity contribution in [1.82, 2.24) is 34.5 Å². The van der Waals surface area contributed by atoms with Crippen molar-refractivity contribution in [2.45, 2.75) is 77.6 Å². The molecule has 0 bridgehead atoms. The number of fused-ring (bicyclic) bond motifs is 2. The number of hydrogen-bond donors (Lipinski definition) is 2. The van der Waals surface area contributed by atoms with Crippen molar-refractivity contribution in [2.75, 3.05) is 5.32 Å². The van der Waals surface area contributed by atoms with Crippen molar-refractivity contribution in [3.8, 4) is 11.5 Å². The van der Waals surface area contributed by atoms with Crippen molar-refractivity contribution >= 4 is 28.8 Å². The molecular formula is C32H37FN8O3. The Morgan fingerprint density at radius 1 is 1.05 bits per heavy atom. The van der Waals surface area contributed by atoms with Crippen LogP contribution in [0.1, 0.15) is 57.6 Å². The molecule has 1 saturated carbocycles.